The molecule has 3 heterocycles. The van der Waals surface area contributed by atoms with E-state index in [1.54, 1.807) is 0 Å². The highest BCUT2D eigenvalue weighted by Gasteiger charge is 2.59. The van der Waals surface area contributed by atoms with E-state index in [2.05, 4.69) is 483 Å². The van der Waals surface area contributed by atoms with Gasteiger partial charge < -0.3 is 9.31 Å². The van der Waals surface area contributed by atoms with Crippen molar-refractivity contribution in [3.63, 3.8) is 0 Å². The molecule has 8 nitrogen and oxygen atoms in total. The molecular weight excluding hydrogens is 1840 g/mol. The van der Waals surface area contributed by atoms with Crippen LogP contribution in [-0.4, -0.2) is 48.2 Å². The minimum atomic E-state index is -0.634. The van der Waals surface area contributed by atoms with Crippen LogP contribution in [0.3, 0.4) is 0 Å². The zero-order valence-corrected chi connectivity index (χ0v) is 85.3. The molecule has 718 valence electrons. The fourth-order valence-electron chi connectivity index (χ4n) is 23.7. The summed E-state index contributed by atoms with van der Waals surface area (Å²) in [6.45, 7) is 19.9. The van der Waals surface area contributed by atoms with Crippen molar-refractivity contribution in [2.75, 3.05) is 0 Å². The molecule has 150 heavy (non-hydrogen) atoms. The van der Waals surface area contributed by atoms with Gasteiger partial charge in [-0.3, -0.25) is 0 Å². The number of aromatic nitrogens is 6. The van der Waals surface area contributed by atoms with E-state index in [0.29, 0.717) is 29.1 Å². The van der Waals surface area contributed by atoms with Gasteiger partial charge in [-0.2, -0.15) is 9.97 Å². The van der Waals surface area contributed by atoms with Crippen LogP contribution in [0.1, 0.15) is 117 Å². The number of rotatable bonds is 14. The fourth-order valence-corrected chi connectivity index (χ4v) is 23.9. The van der Waals surface area contributed by atoms with Gasteiger partial charge in [-0.1, -0.05) is 446 Å². The predicted octanol–water partition coefficient (Wildman–Crippen LogP) is 34.1. The Balaban J connectivity index is 0.000000128. The van der Waals surface area contributed by atoms with E-state index in [1.165, 1.54) is 89.0 Å². The highest BCUT2D eigenvalue weighted by Crippen LogP contribution is 2.65. The van der Waals surface area contributed by atoms with E-state index in [0.717, 1.165) is 122 Å². The van der Waals surface area contributed by atoms with E-state index in [4.69, 9.17) is 40.8 Å². The van der Waals surface area contributed by atoms with E-state index in [-0.39, 0.29) is 17.5 Å². The van der Waals surface area contributed by atoms with Crippen molar-refractivity contribution in [2.45, 2.75) is 81.3 Å². The van der Waals surface area contributed by atoms with E-state index in [1.807, 2.05) is 79.7 Å². The van der Waals surface area contributed by atoms with Crippen LogP contribution in [0.5, 0.6) is 0 Å². The Morgan fingerprint density at radius 3 is 0.673 bits per heavy atom. The molecule has 1 fully saturated rings. The molecule has 2 spiro atoms. The molecule has 20 aromatic carbocycles. The first-order chi connectivity index (χ1) is 73.2. The summed E-state index contributed by atoms with van der Waals surface area (Å²) in [7, 11) is -0.464. The molecule has 2 aromatic heterocycles. The number of hydrogen-bond acceptors (Lipinski definition) is 8. The SMILES string of the molecule is CC1(C)c2ccccc2C2(c3ccccc3-c3ccc(-c4nc(-c5cc(-c6ccccc6)cc(-c6ccccc6)c5)nc(-c5cc(-c6ccccc6)cc(-c6ccccc6)c5)n4)cc32)c2ccccc21.Clc1nc(-c2cc(-c3ccccc3)cc(-c3ccccc3)c2)nc(-c2cc(-c3ccccc3)cc(-c3ccccc3)c2)n1.[2HH].[CH2+]C1(C)OB(c2ccc3c(c2)C2(c4ccccc4-3)c3ccccc3C(C)(C)c3ccccc32)OC1(C)C. The second-order valence-corrected chi connectivity index (χ2v) is 41.9. The van der Waals surface area contributed by atoms with Crippen LogP contribution in [0.4, 0.5) is 0 Å². The first kappa shape index (κ1) is 93.6. The topological polar surface area (TPSA) is 95.8 Å². The van der Waals surface area contributed by atoms with Crippen LogP contribution in [0, 0.1) is 6.92 Å². The van der Waals surface area contributed by atoms with Crippen molar-refractivity contribution in [2.24, 2.45) is 0 Å². The summed E-state index contributed by atoms with van der Waals surface area (Å²) >= 11 is 6.61. The predicted molar refractivity (Wildman–Crippen MR) is 618 cm³/mol. The lowest BCUT2D eigenvalue weighted by atomic mass is 9.55. The number of halogens is 1. The minimum absolute atomic E-state index is 0. The maximum atomic E-state index is 6.61. The van der Waals surface area contributed by atoms with Crippen molar-refractivity contribution >= 4 is 24.2 Å². The van der Waals surface area contributed by atoms with Crippen LogP contribution in [0.2, 0.25) is 5.28 Å². The van der Waals surface area contributed by atoms with Gasteiger partial charge >= 0.3 is 7.12 Å². The Labute approximate surface area is 884 Å². The van der Waals surface area contributed by atoms with Crippen LogP contribution >= 0.6 is 11.6 Å². The van der Waals surface area contributed by atoms with Crippen molar-refractivity contribution in [1.82, 2.24) is 29.9 Å². The Morgan fingerprint density at radius 2 is 0.407 bits per heavy atom. The molecule has 5 aliphatic rings. The largest absolute Gasteiger partial charge is 0.498 e. The molecule has 1 saturated heterocycles. The van der Waals surface area contributed by atoms with Gasteiger partial charge in [-0.15, -0.1) is 0 Å². The molecular formula is C140H107BClN6O2+. The second kappa shape index (κ2) is 37.8. The van der Waals surface area contributed by atoms with Gasteiger partial charge in [0, 0.05) is 47.0 Å². The van der Waals surface area contributed by atoms with Crippen molar-refractivity contribution in [3.8, 4) is 168 Å². The Kier molecular flexibility index (Phi) is 23.6. The molecule has 0 amide bonds. The smallest absolute Gasteiger partial charge is 0.395 e. The monoisotopic (exact) mass is 1950 g/mol. The van der Waals surface area contributed by atoms with Crippen molar-refractivity contribution < 1.29 is 10.7 Å². The number of benzene rings is 20. The number of hydrogen-bond donors (Lipinski definition) is 0. The van der Waals surface area contributed by atoms with Gasteiger partial charge in [-0.25, -0.2) is 19.9 Å². The molecule has 0 bridgehead atoms. The fraction of sp³-hybridized carbons (Fsp3) is 0.0929. The molecule has 22 aromatic rings. The Bertz CT molecular complexity index is 8330. The lowest BCUT2D eigenvalue weighted by molar-refractivity contribution is 0.0262. The normalized spacial score (nSPS) is 15.2. The average molecular weight is 1950 g/mol. The van der Waals surface area contributed by atoms with E-state index in [9.17, 15) is 0 Å². The zero-order chi connectivity index (χ0) is 102. The summed E-state index contributed by atoms with van der Waals surface area (Å²) < 4.78 is 12.9. The molecule has 10 heteroatoms. The molecule has 1 aliphatic heterocycles. The van der Waals surface area contributed by atoms with Crippen molar-refractivity contribution in [1.29, 1.82) is 0 Å². The Hall–Kier alpha value is -17.4. The maximum Gasteiger partial charge on any atom is 0.498 e. The third kappa shape index (κ3) is 16.4. The summed E-state index contributed by atoms with van der Waals surface area (Å²) in [5, 5.41) is 0.151. The van der Waals surface area contributed by atoms with Crippen LogP contribution in [0.15, 0.2) is 497 Å². The summed E-state index contributed by atoms with van der Waals surface area (Å²) in [5.41, 5.74) is 41.7. The second-order valence-electron chi connectivity index (χ2n) is 41.6. The van der Waals surface area contributed by atoms with Crippen LogP contribution in [0.25, 0.3) is 168 Å². The zero-order valence-electron chi connectivity index (χ0n) is 84.5. The quantitative estimate of drug-likeness (QED) is 0.0785. The number of fused-ring (bicyclic) bond motifs is 18. The minimum Gasteiger partial charge on any atom is -0.395 e. The summed E-state index contributed by atoms with van der Waals surface area (Å²) in [6.07, 6.45) is 0. The van der Waals surface area contributed by atoms with Crippen molar-refractivity contribution in [3.05, 3.63) is 576 Å². The summed E-state index contributed by atoms with van der Waals surface area (Å²) in [4.78, 5) is 30.7. The molecule has 0 saturated carbocycles. The standard InChI is InChI=1S/C67H47N3.C39H26ClN3.C34H32BO2.H2/c1-66(2)58-31-17-19-33-60(58)67(61-34-20-18-32-59(61)66)57-30-16-15-29-55(57)56-36-35-48(43-62(56)67)63-68-64(53-39-49(44-21-7-3-8-22-44)37-50(40-53)45-23-9-4-10-24-45)70-65(69-63)54-41-51(46-25-11-5-12-26-46)38-52(42-54)47-27-13-6-14-28-47;40-39-42-37(35-23-31(27-13-5-1-6-14-27)21-32(24-35)28-15-7-2-8-16-28)41-38(43-39)36-25-33(29-17-9-3-10-18-29)22-34(26-36)30-19-11-4-12-20-30;1-31(2)26-15-9-11-17-28(26)34(29-18-12-10-16-27(29)31)25-14-8-7-13-23(25)24-20-19-22(21-30(24)34)35-36-32(3,4)33(5,6)37-35;/h3-43H,1-2H3;1-26H;7-21H,3H2,1-2,4-6H3;1H/q;;+1;/i;;;1+1. The van der Waals surface area contributed by atoms with E-state index < -0.39 is 29.2 Å². The lowest BCUT2D eigenvalue weighted by Gasteiger charge is -2.46. The van der Waals surface area contributed by atoms with Gasteiger partial charge in [-0.05, 0) is 288 Å². The van der Waals surface area contributed by atoms with Gasteiger partial charge in [0.1, 0.15) is 5.60 Å². The number of nitrogens with zero attached hydrogens (tertiary/aromatic N) is 6. The summed E-state index contributed by atoms with van der Waals surface area (Å²) in [6, 6.07) is 178. The maximum absolute atomic E-state index is 6.61. The highest BCUT2D eigenvalue weighted by molar-refractivity contribution is 6.62. The molecule has 4 aliphatic carbocycles. The average Bonchev–Trinajstić information content (AvgIpc) is 1.54. The molecule has 0 N–H and O–H groups in total. The summed E-state index contributed by atoms with van der Waals surface area (Å²) in [5.74, 6) is 2.88. The molecule has 1 atom stereocenters. The van der Waals surface area contributed by atoms with Crippen LogP contribution in [-0.2, 0) is 31.0 Å². The van der Waals surface area contributed by atoms with Gasteiger partial charge in [0.25, 0.3) is 0 Å². The van der Waals surface area contributed by atoms with Gasteiger partial charge in [0.15, 0.2) is 29.1 Å². The first-order valence-electron chi connectivity index (χ1n) is 51.5. The Morgan fingerprint density at radius 1 is 0.193 bits per heavy atom. The first-order valence-corrected chi connectivity index (χ1v) is 51.9. The molecule has 1 unspecified atom stereocenters. The highest BCUT2D eigenvalue weighted by atomic mass is 35.5. The van der Waals surface area contributed by atoms with Gasteiger partial charge in [0.05, 0.1) is 17.8 Å². The third-order valence-electron chi connectivity index (χ3n) is 31.6. The van der Waals surface area contributed by atoms with Gasteiger partial charge in [0.2, 0.25) is 10.9 Å². The molecule has 0 radical (unpaired) electrons. The third-order valence-corrected chi connectivity index (χ3v) is 31.7. The lowest BCUT2D eigenvalue weighted by Crippen LogP contribution is -2.42. The molecule has 27 rings (SSSR count). The van der Waals surface area contributed by atoms with E-state index >= 15 is 0 Å². The van der Waals surface area contributed by atoms with Crippen LogP contribution < -0.4 is 5.46 Å².